The summed E-state index contributed by atoms with van der Waals surface area (Å²) >= 11 is 0. The molecule has 0 fully saturated rings. The van der Waals surface area contributed by atoms with Gasteiger partial charge in [-0.2, -0.15) is 0 Å². The second kappa shape index (κ2) is 3.24. The Hall–Kier alpha value is -1.24. The number of anilines is 1. The maximum absolute atomic E-state index is 5.62. The van der Waals surface area contributed by atoms with Gasteiger partial charge in [0, 0.05) is 5.69 Å². The molecule has 1 rings (SSSR count). The molecule has 1 nitrogen and oxygen atoms in total. The van der Waals surface area contributed by atoms with Crippen LogP contribution >= 0.6 is 0 Å². The van der Waals surface area contributed by atoms with Crippen LogP contribution in [0.4, 0.5) is 5.69 Å². The van der Waals surface area contributed by atoms with Crippen LogP contribution in [-0.4, -0.2) is 0 Å². The van der Waals surface area contributed by atoms with Gasteiger partial charge < -0.3 is 5.73 Å². The first-order valence-electron chi connectivity index (χ1n) is 3.72. The van der Waals surface area contributed by atoms with Gasteiger partial charge in [-0.25, -0.2) is 0 Å². The van der Waals surface area contributed by atoms with Gasteiger partial charge in [-0.05, 0) is 23.6 Å². The van der Waals surface area contributed by atoms with Crippen molar-refractivity contribution in [3.05, 3.63) is 42.5 Å². The lowest BCUT2D eigenvalue weighted by molar-refractivity contribution is 0.972. The Morgan fingerprint density at radius 2 is 2.27 bits per heavy atom. The highest BCUT2D eigenvalue weighted by molar-refractivity contribution is 5.42. The molecule has 0 saturated carbocycles. The molecular weight excluding hydrogens is 134 g/mol. The fourth-order valence-electron chi connectivity index (χ4n) is 0.978. The molecule has 0 saturated heterocycles. The Labute approximate surface area is 67.5 Å². The van der Waals surface area contributed by atoms with Crippen LogP contribution < -0.4 is 5.73 Å². The molecule has 0 aliphatic rings. The minimum atomic E-state index is 0.387. The molecule has 0 heterocycles. The molecule has 0 aromatic heterocycles. The topological polar surface area (TPSA) is 26.0 Å². The summed E-state index contributed by atoms with van der Waals surface area (Å²) in [4.78, 5) is 0. The Morgan fingerprint density at radius 1 is 1.55 bits per heavy atom. The molecule has 11 heavy (non-hydrogen) atoms. The number of hydrogen-bond acceptors (Lipinski definition) is 1. The molecule has 0 spiro atoms. The molecule has 1 aromatic carbocycles. The molecular formula is C10H13N. The van der Waals surface area contributed by atoms with Gasteiger partial charge in [-0.15, -0.1) is 6.58 Å². The number of benzene rings is 1. The Morgan fingerprint density at radius 3 is 2.82 bits per heavy atom. The predicted octanol–water partition coefficient (Wildman–Crippen LogP) is 2.56. The van der Waals surface area contributed by atoms with Crippen LogP contribution in [0.5, 0.6) is 0 Å². The maximum Gasteiger partial charge on any atom is 0.0316 e. The molecule has 1 aromatic rings. The van der Waals surface area contributed by atoms with Gasteiger partial charge in [0.25, 0.3) is 0 Å². The van der Waals surface area contributed by atoms with Crippen molar-refractivity contribution < 1.29 is 0 Å². The second-order valence-electron chi connectivity index (χ2n) is 2.69. The highest BCUT2D eigenvalue weighted by atomic mass is 14.5. The summed E-state index contributed by atoms with van der Waals surface area (Å²) in [6.07, 6.45) is 1.91. The Balaban J connectivity index is 2.95. The van der Waals surface area contributed by atoms with Gasteiger partial charge in [0.15, 0.2) is 0 Å². The van der Waals surface area contributed by atoms with Crippen LogP contribution in [0.25, 0.3) is 0 Å². The Kier molecular flexibility index (Phi) is 2.32. The van der Waals surface area contributed by atoms with E-state index in [4.69, 9.17) is 5.73 Å². The highest BCUT2D eigenvalue weighted by Crippen LogP contribution is 2.17. The summed E-state index contributed by atoms with van der Waals surface area (Å²) in [7, 11) is 0. The number of allylic oxidation sites excluding steroid dienone is 1. The largest absolute Gasteiger partial charge is 0.399 e. The minimum Gasteiger partial charge on any atom is -0.399 e. The smallest absolute Gasteiger partial charge is 0.0316 e. The van der Waals surface area contributed by atoms with Gasteiger partial charge in [-0.3, -0.25) is 0 Å². The van der Waals surface area contributed by atoms with Crippen LogP contribution in [0.3, 0.4) is 0 Å². The second-order valence-corrected chi connectivity index (χ2v) is 2.69. The van der Waals surface area contributed by atoms with Crippen LogP contribution in [0.1, 0.15) is 18.4 Å². The number of nitrogens with two attached hydrogens (primary N) is 1. The third-order valence-electron chi connectivity index (χ3n) is 1.79. The van der Waals surface area contributed by atoms with E-state index in [2.05, 4.69) is 19.6 Å². The van der Waals surface area contributed by atoms with E-state index >= 15 is 0 Å². The molecule has 0 aliphatic carbocycles. The van der Waals surface area contributed by atoms with Crippen molar-refractivity contribution in [1.82, 2.24) is 0 Å². The lowest BCUT2D eigenvalue weighted by Gasteiger charge is -2.05. The van der Waals surface area contributed by atoms with Gasteiger partial charge in [-0.1, -0.05) is 25.1 Å². The van der Waals surface area contributed by atoms with E-state index in [9.17, 15) is 0 Å². The molecule has 0 aliphatic heterocycles. The van der Waals surface area contributed by atoms with E-state index in [1.165, 1.54) is 5.56 Å². The van der Waals surface area contributed by atoms with Crippen LogP contribution in [0.2, 0.25) is 0 Å². The zero-order valence-electron chi connectivity index (χ0n) is 6.75. The molecule has 1 heteroatoms. The van der Waals surface area contributed by atoms with E-state index in [1.807, 2.05) is 24.3 Å². The summed E-state index contributed by atoms with van der Waals surface area (Å²) in [5.41, 5.74) is 7.65. The summed E-state index contributed by atoms with van der Waals surface area (Å²) in [5.74, 6) is 0.387. The number of hydrogen-bond donors (Lipinski definition) is 1. The minimum absolute atomic E-state index is 0.387. The van der Waals surface area contributed by atoms with Crippen LogP contribution in [0.15, 0.2) is 36.9 Å². The van der Waals surface area contributed by atoms with Crippen LogP contribution in [0, 0.1) is 0 Å². The first-order valence-corrected chi connectivity index (χ1v) is 3.72. The van der Waals surface area contributed by atoms with Crippen molar-refractivity contribution in [3.63, 3.8) is 0 Å². The fraction of sp³-hybridized carbons (Fsp3) is 0.200. The van der Waals surface area contributed by atoms with Crippen molar-refractivity contribution in [1.29, 1.82) is 0 Å². The lowest BCUT2D eigenvalue weighted by Crippen LogP contribution is -1.90. The zero-order valence-corrected chi connectivity index (χ0v) is 6.75. The zero-order chi connectivity index (χ0) is 8.27. The monoisotopic (exact) mass is 147 g/mol. The molecule has 2 N–H and O–H groups in total. The molecule has 1 atom stereocenters. The summed E-state index contributed by atoms with van der Waals surface area (Å²) in [6.45, 7) is 5.82. The van der Waals surface area contributed by atoms with Gasteiger partial charge in [0.2, 0.25) is 0 Å². The highest BCUT2D eigenvalue weighted by Gasteiger charge is 1.98. The molecule has 0 bridgehead atoms. The Bertz CT molecular complexity index is 253. The van der Waals surface area contributed by atoms with E-state index in [0.717, 1.165) is 5.69 Å². The first kappa shape index (κ1) is 7.86. The summed E-state index contributed by atoms with van der Waals surface area (Å²) in [6, 6.07) is 7.89. The van der Waals surface area contributed by atoms with Crippen molar-refractivity contribution >= 4 is 5.69 Å². The lowest BCUT2D eigenvalue weighted by atomic mass is 10.0. The number of nitrogen functional groups attached to an aromatic ring is 1. The number of rotatable bonds is 2. The van der Waals surface area contributed by atoms with Gasteiger partial charge in [0.1, 0.15) is 0 Å². The summed E-state index contributed by atoms with van der Waals surface area (Å²) < 4.78 is 0. The van der Waals surface area contributed by atoms with Crippen LogP contribution in [-0.2, 0) is 0 Å². The molecule has 0 amide bonds. The fourth-order valence-corrected chi connectivity index (χ4v) is 0.978. The van der Waals surface area contributed by atoms with Crippen molar-refractivity contribution in [2.45, 2.75) is 12.8 Å². The molecule has 1 unspecified atom stereocenters. The van der Waals surface area contributed by atoms with Crippen molar-refractivity contribution in [3.8, 4) is 0 Å². The average Bonchev–Trinajstić information content (AvgIpc) is 2.03. The quantitative estimate of drug-likeness (QED) is 0.505. The van der Waals surface area contributed by atoms with Crippen molar-refractivity contribution in [2.24, 2.45) is 0 Å². The van der Waals surface area contributed by atoms with E-state index < -0.39 is 0 Å². The molecule has 0 radical (unpaired) electrons. The van der Waals surface area contributed by atoms with Crippen molar-refractivity contribution in [2.75, 3.05) is 5.73 Å². The maximum atomic E-state index is 5.62. The van der Waals surface area contributed by atoms with E-state index in [-0.39, 0.29) is 0 Å². The summed E-state index contributed by atoms with van der Waals surface area (Å²) in [5, 5.41) is 0. The van der Waals surface area contributed by atoms with E-state index in [1.54, 1.807) is 0 Å². The SMILES string of the molecule is C=CC(C)c1cccc(N)c1. The standard InChI is InChI=1S/C10H13N/c1-3-8(2)9-5-4-6-10(11)7-9/h3-8H,1,11H2,2H3. The third-order valence-corrected chi connectivity index (χ3v) is 1.79. The molecule has 58 valence electrons. The van der Waals surface area contributed by atoms with E-state index in [0.29, 0.717) is 5.92 Å². The normalized spacial score (nSPS) is 12.5. The average molecular weight is 147 g/mol. The van der Waals surface area contributed by atoms with Gasteiger partial charge >= 0.3 is 0 Å². The third kappa shape index (κ3) is 1.84. The first-order chi connectivity index (χ1) is 5.24. The van der Waals surface area contributed by atoms with Gasteiger partial charge in [0.05, 0.1) is 0 Å². The predicted molar refractivity (Wildman–Crippen MR) is 49.5 cm³/mol.